The molecule has 1 fully saturated rings. The average Bonchev–Trinajstić information content (AvgIpc) is 3.36. The summed E-state index contributed by atoms with van der Waals surface area (Å²) in [5.41, 5.74) is 2.49. The Morgan fingerprint density at radius 3 is 2.77 bits per heavy atom. The number of fused-ring (bicyclic) bond motifs is 3. The van der Waals surface area contributed by atoms with Crippen LogP contribution in [0.5, 0.6) is 11.5 Å². The maximum Gasteiger partial charge on any atom is 0.222 e. The summed E-state index contributed by atoms with van der Waals surface area (Å²) in [6, 6.07) is 7.75. The molecule has 0 unspecified atom stereocenters. The molecule has 1 saturated heterocycles. The number of methoxy groups -OCH3 is 2. The Morgan fingerprint density at radius 2 is 2.03 bits per heavy atom. The summed E-state index contributed by atoms with van der Waals surface area (Å²) in [5.74, 6) is 1.42. The number of hydrogen-bond acceptors (Lipinski definition) is 6. The van der Waals surface area contributed by atoms with Gasteiger partial charge in [0.25, 0.3) is 0 Å². The predicted molar refractivity (Wildman–Crippen MR) is 123 cm³/mol. The van der Waals surface area contributed by atoms with Crippen molar-refractivity contribution in [3.05, 3.63) is 47.4 Å². The Balaban J connectivity index is 1.78. The molecule has 0 spiro atoms. The molecule has 0 bridgehead atoms. The van der Waals surface area contributed by atoms with Crippen LogP contribution in [0.3, 0.4) is 0 Å². The lowest BCUT2D eigenvalue weighted by atomic mass is 9.99. The van der Waals surface area contributed by atoms with Crippen LogP contribution in [0.2, 0.25) is 5.02 Å². The zero-order valence-corrected chi connectivity index (χ0v) is 18.7. The Bertz CT molecular complexity index is 1320. The Labute approximate surface area is 188 Å². The van der Waals surface area contributed by atoms with E-state index in [-0.39, 0.29) is 5.91 Å². The molecular formula is C23H20ClN3O3S. The monoisotopic (exact) mass is 453 g/mol. The van der Waals surface area contributed by atoms with Crippen LogP contribution in [-0.4, -0.2) is 41.5 Å². The van der Waals surface area contributed by atoms with Crippen LogP contribution in [0.1, 0.15) is 18.5 Å². The number of aromatic nitrogens is 2. The molecule has 1 aromatic carbocycles. The standard InChI is InChI=1S/C23H20ClN3O3S/c1-29-16-6-5-13(10-17(16)30-2)20-21-14-7-8-25-11-18(14)31-23(21)26-15(22(20)24)12-27-9-3-4-19(27)28/h5-8,10-11H,3-4,9,12H2,1-2H3. The lowest BCUT2D eigenvalue weighted by molar-refractivity contribution is -0.128. The quantitative estimate of drug-likeness (QED) is 0.410. The topological polar surface area (TPSA) is 64.5 Å². The van der Waals surface area contributed by atoms with Gasteiger partial charge in [0.2, 0.25) is 5.91 Å². The first kappa shape index (κ1) is 20.0. The zero-order valence-electron chi connectivity index (χ0n) is 17.1. The second-order valence-electron chi connectivity index (χ2n) is 7.39. The number of thiophene rings is 1. The smallest absolute Gasteiger partial charge is 0.222 e. The molecule has 0 radical (unpaired) electrons. The fourth-order valence-corrected chi connectivity index (χ4v) is 5.48. The first-order chi connectivity index (χ1) is 15.1. The number of carbonyl (C=O) groups excluding carboxylic acids is 1. The van der Waals surface area contributed by atoms with Crippen molar-refractivity contribution in [2.24, 2.45) is 0 Å². The molecular weight excluding hydrogens is 434 g/mol. The number of rotatable bonds is 5. The van der Waals surface area contributed by atoms with Crippen LogP contribution in [0, 0.1) is 0 Å². The van der Waals surface area contributed by atoms with Crippen molar-refractivity contribution in [2.45, 2.75) is 19.4 Å². The number of hydrogen-bond donors (Lipinski definition) is 0. The second-order valence-corrected chi connectivity index (χ2v) is 8.80. The molecule has 5 rings (SSSR count). The molecule has 158 valence electrons. The van der Waals surface area contributed by atoms with Crippen molar-refractivity contribution < 1.29 is 14.3 Å². The van der Waals surface area contributed by atoms with Gasteiger partial charge in [-0.05, 0) is 30.2 Å². The van der Waals surface area contributed by atoms with E-state index in [2.05, 4.69) is 4.98 Å². The van der Waals surface area contributed by atoms with Gasteiger partial charge in [0.15, 0.2) is 11.5 Å². The van der Waals surface area contributed by atoms with Crippen molar-refractivity contribution in [3.63, 3.8) is 0 Å². The highest BCUT2D eigenvalue weighted by Gasteiger charge is 2.25. The van der Waals surface area contributed by atoms with Gasteiger partial charge in [0.05, 0.1) is 36.2 Å². The van der Waals surface area contributed by atoms with Crippen LogP contribution in [-0.2, 0) is 11.3 Å². The van der Waals surface area contributed by atoms with Gasteiger partial charge in [-0.15, -0.1) is 11.3 Å². The fourth-order valence-electron chi connectivity index (χ4n) is 4.10. The molecule has 0 atom stereocenters. The van der Waals surface area contributed by atoms with Gasteiger partial charge < -0.3 is 14.4 Å². The molecule has 0 N–H and O–H groups in total. The lowest BCUT2D eigenvalue weighted by Gasteiger charge is -2.18. The molecule has 1 amide bonds. The average molecular weight is 454 g/mol. The van der Waals surface area contributed by atoms with E-state index < -0.39 is 0 Å². The van der Waals surface area contributed by atoms with Crippen LogP contribution >= 0.6 is 22.9 Å². The van der Waals surface area contributed by atoms with Gasteiger partial charge >= 0.3 is 0 Å². The number of carbonyl (C=O) groups is 1. The minimum atomic E-state index is 0.145. The second kappa shape index (κ2) is 7.98. The summed E-state index contributed by atoms with van der Waals surface area (Å²) in [6.45, 7) is 1.14. The SMILES string of the molecule is COc1ccc(-c2c(Cl)c(CN3CCCC3=O)nc3sc4cnccc4c23)cc1OC. The molecule has 3 aromatic heterocycles. The van der Waals surface area contributed by atoms with Gasteiger partial charge in [0, 0.05) is 41.7 Å². The number of pyridine rings is 2. The van der Waals surface area contributed by atoms with Gasteiger partial charge in [0.1, 0.15) is 4.83 Å². The minimum absolute atomic E-state index is 0.145. The Hall–Kier alpha value is -2.90. The molecule has 0 aliphatic carbocycles. The summed E-state index contributed by atoms with van der Waals surface area (Å²) in [6.07, 6.45) is 5.07. The molecule has 0 saturated carbocycles. The van der Waals surface area contributed by atoms with Crippen molar-refractivity contribution in [1.29, 1.82) is 0 Å². The number of ether oxygens (including phenoxy) is 2. The first-order valence-corrected chi connectivity index (χ1v) is 11.1. The highest BCUT2D eigenvalue weighted by molar-refractivity contribution is 7.25. The minimum Gasteiger partial charge on any atom is -0.493 e. The zero-order chi connectivity index (χ0) is 21.5. The number of halogens is 1. The molecule has 31 heavy (non-hydrogen) atoms. The van der Waals surface area contributed by atoms with E-state index in [1.54, 1.807) is 31.8 Å². The number of nitrogens with zero attached hydrogens (tertiary/aromatic N) is 3. The highest BCUT2D eigenvalue weighted by Crippen LogP contribution is 2.45. The summed E-state index contributed by atoms with van der Waals surface area (Å²) in [4.78, 5) is 24.1. The van der Waals surface area contributed by atoms with Gasteiger partial charge in [-0.1, -0.05) is 17.7 Å². The molecule has 1 aliphatic rings. The summed E-state index contributed by atoms with van der Waals surface area (Å²) in [5, 5.41) is 2.59. The maximum absolute atomic E-state index is 12.2. The normalized spacial score (nSPS) is 14.0. The lowest BCUT2D eigenvalue weighted by Crippen LogP contribution is -2.24. The number of amides is 1. The molecule has 1 aliphatic heterocycles. The van der Waals surface area contributed by atoms with E-state index in [0.717, 1.165) is 44.4 Å². The first-order valence-electron chi connectivity index (χ1n) is 9.95. The van der Waals surface area contributed by atoms with E-state index in [4.69, 9.17) is 26.1 Å². The Kier molecular flexibility index (Phi) is 5.16. The van der Waals surface area contributed by atoms with E-state index in [1.165, 1.54) is 0 Å². The van der Waals surface area contributed by atoms with Crippen LogP contribution in [0.15, 0.2) is 36.7 Å². The summed E-state index contributed by atoms with van der Waals surface area (Å²) in [7, 11) is 3.22. The van der Waals surface area contributed by atoms with Crippen molar-refractivity contribution >= 4 is 49.1 Å². The van der Waals surface area contributed by atoms with Crippen molar-refractivity contribution in [2.75, 3.05) is 20.8 Å². The largest absolute Gasteiger partial charge is 0.493 e. The van der Waals surface area contributed by atoms with Crippen molar-refractivity contribution in [1.82, 2.24) is 14.9 Å². The third-order valence-electron chi connectivity index (χ3n) is 5.62. The Morgan fingerprint density at radius 1 is 1.19 bits per heavy atom. The third-order valence-corrected chi connectivity index (χ3v) is 7.06. The molecule has 8 heteroatoms. The van der Waals surface area contributed by atoms with Crippen LogP contribution in [0.25, 0.3) is 31.4 Å². The van der Waals surface area contributed by atoms with E-state index in [9.17, 15) is 4.79 Å². The van der Waals surface area contributed by atoms with Gasteiger partial charge in [-0.2, -0.15) is 0 Å². The van der Waals surface area contributed by atoms with Crippen LogP contribution < -0.4 is 9.47 Å². The summed E-state index contributed by atoms with van der Waals surface area (Å²) < 4.78 is 12.0. The fraction of sp³-hybridized carbons (Fsp3) is 0.261. The van der Waals surface area contributed by atoms with Gasteiger partial charge in [-0.3, -0.25) is 9.78 Å². The van der Waals surface area contributed by atoms with Gasteiger partial charge in [-0.25, -0.2) is 4.98 Å². The molecule has 6 nitrogen and oxygen atoms in total. The third kappa shape index (κ3) is 3.38. The highest BCUT2D eigenvalue weighted by atomic mass is 35.5. The van der Waals surface area contributed by atoms with E-state index in [1.807, 2.05) is 35.4 Å². The number of likely N-dealkylation sites (tertiary alicyclic amines) is 1. The van der Waals surface area contributed by atoms with Crippen LogP contribution in [0.4, 0.5) is 0 Å². The predicted octanol–water partition coefficient (Wildman–Crippen LogP) is 5.30. The van der Waals surface area contributed by atoms with E-state index in [0.29, 0.717) is 35.2 Å². The molecule has 4 heterocycles. The van der Waals surface area contributed by atoms with Crippen molar-refractivity contribution in [3.8, 4) is 22.6 Å². The summed E-state index contributed by atoms with van der Waals surface area (Å²) >= 11 is 8.57. The van der Waals surface area contributed by atoms with E-state index >= 15 is 0 Å². The number of benzene rings is 1. The molecule has 4 aromatic rings. The maximum atomic E-state index is 12.2.